The zero-order valence-corrected chi connectivity index (χ0v) is 43.6. The molecule has 75 heavy (non-hydrogen) atoms. The first-order chi connectivity index (χ1) is 36.1. The average molecular weight is 1090 g/mol. The van der Waals surface area contributed by atoms with Gasteiger partial charge in [0.05, 0.1) is 51.8 Å². The summed E-state index contributed by atoms with van der Waals surface area (Å²) < 4.78 is 60.8. The Labute approximate surface area is 439 Å². The summed E-state index contributed by atoms with van der Waals surface area (Å²) in [5, 5.41) is 150. The maximum absolute atomic E-state index is 11.7. The largest absolute Gasteiger partial charge is 0.394 e. The van der Waals surface area contributed by atoms with E-state index >= 15 is 0 Å². The maximum Gasteiger partial charge on any atom is 0.187 e. The minimum absolute atomic E-state index is 0.204. The molecule has 6 aliphatic rings. The van der Waals surface area contributed by atoms with Gasteiger partial charge in [0.1, 0.15) is 97.7 Å². The van der Waals surface area contributed by atoms with Crippen LogP contribution in [0.3, 0.4) is 0 Å². The Morgan fingerprint density at radius 1 is 0.333 bits per heavy atom. The predicted molar refractivity (Wildman–Crippen MR) is 259 cm³/mol. The van der Waals surface area contributed by atoms with Gasteiger partial charge in [0.2, 0.25) is 0 Å². The van der Waals surface area contributed by atoms with Crippen LogP contribution in [0.25, 0.3) is 0 Å². The van der Waals surface area contributed by atoms with E-state index < -0.39 is 173 Å². The van der Waals surface area contributed by atoms with Gasteiger partial charge in [-0.1, -0.05) is 90.9 Å². The van der Waals surface area contributed by atoms with Gasteiger partial charge >= 0.3 is 0 Å². The van der Waals surface area contributed by atoms with Crippen molar-refractivity contribution in [2.75, 3.05) is 52.9 Å². The standard InChI is InChI=1S/C51H92O24/c1-3-5-7-9-11-13-15-17-66-24-28-26-19-27(29(28)25-67-18-16-14-12-10-8-6-4-2)45(73-51-43(65)39(61)47(33(23-55)71-51)75-49-41(63)37(59)35(57)31(21-53)69-49)44(26)72-50-42(64)38(60)46(32(22-54)70-50)74-48-40(62)36(58)34(56)30(20-52)68-48/h26-65H,3-25H2,1-2H3/t26-,27?,28+,29?,30?,31?,32?,33?,34+,35+,36-,37-,38+,39+,40?,41?,42?,43?,44-,45?,46+,47+,48+,49+,50-,51-/m0/s1. The third-order valence-corrected chi connectivity index (χ3v) is 16.3. The third-order valence-electron chi connectivity index (χ3n) is 16.3. The first-order valence-electron chi connectivity index (χ1n) is 27.8. The number of fused-ring (bicyclic) bond motifs is 2. The van der Waals surface area contributed by atoms with Crippen LogP contribution in [0.1, 0.15) is 110 Å². The van der Waals surface area contributed by atoms with Crippen LogP contribution in [0, 0.1) is 23.7 Å². The van der Waals surface area contributed by atoms with Crippen LogP contribution in [0.2, 0.25) is 0 Å². The molecule has 0 radical (unpaired) electrons. The number of unbranched alkanes of at least 4 members (excludes halogenated alkanes) is 12. The zero-order valence-electron chi connectivity index (χ0n) is 43.6. The van der Waals surface area contributed by atoms with Crippen molar-refractivity contribution in [3.63, 3.8) is 0 Å². The van der Waals surface area contributed by atoms with E-state index in [1.807, 2.05) is 0 Å². The van der Waals surface area contributed by atoms with Crippen molar-refractivity contribution in [1.82, 2.24) is 0 Å². The van der Waals surface area contributed by atoms with Crippen LogP contribution < -0.4 is 0 Å². The second-order valence-corrected chi connectivity index (χ2v) is 21.5. The Morgan fingerprint density at radius 2 is 0.627 bits per heavy atom. The topological polar surface area (TPSA) is 376 Å². The minimum Gasteiger partial charge on any atom is -0.394 e. The lowest BCUT2D eigenvalue weighted by molar-refractivity contribution is -0.378. The fraction of sp³-hybridized carbons (Fsp3) is 1.00. The number of hydrogen-bond donors (Lipinski definition) is 14. The average Bonchev–Trinajstić information content (AvgIpc) is 3.98. The quantitative estimate of drug-likeness (QED) is 0.0308. The molecule has 2 bridgehead atoms. The molecule has 4 saturated heterocycles. The van der Waals surface area contributed by atoms with Crippen LogP contribution >= 0.6 is 0 Å². The molecular weight excluding hydrogens is 997 g/mol. The number of aliphatic hydroxyl groups excluding tert-OH is 14. The van der Waals surface area contributed by atoms with E-state index in [9.17, 15) is 71.5 Å². The normalized spacial score (nSPS) is 44.2. The van der Waals surface area contributed by atoms with Crippen LogP contribution in [-0.2, 0) is 47.4 Å². The molecule has 0 amide bonds. The zero-order chi connectivity index (χ0) is 54.3. The van der Waals surface area contributed by atoms with Crippen molar-refractivity contribution >= 4 is 0 Å². The van der Waals surface area contributed by atoms with Crippen molar-refractivity contribution < 1.29 is 119 Å². The number of rotatable bonds is 32. The molecule has 4 heterocycles. The molecule has 2 saturated carbocycles. The molecule has 24 heteroatoms. The summed E-state index contributed by atoms with van der Waals surface area (Å²) in [6.07, 6.45) is -20.3. The summed E-state index contributed by atoms with van der Waals surface area (Å²) in [5.41, 5.74) is 0. The van der Waals surface area contributed by atoms with Gasteiger partial charge in [-0.3, -0.25) is 0 Å². The van der Waals surface area contributed by atoms with E-state index in [2.05, 4.69) is 13.8 Å². The highest BCUT2D eigenvalue weighted by molar-refractivity contribution is 5.09. The summed E-state index contributed by atoms with van der Waals surface area (Å²) >= 11 is 0. The molecule has 6 rings (SSSR count). The van der Waals surface area contributed by atoms with Gasteiger partial charge in [-0.15, -0.1) is 0 Å². The van der Waals surface area contributed by atoms with Gasteiger partial charge in [0.15, 0.2) is 25.2 Å². The SMILES string of the molecule is CCCCCCCCCOCC1C2C[C@H]([C@H](O[C@@H]3OC(CO)[C@@H](O[C@H]4OC(CO)[C@@H](O)[C@H](O)C4O)[C@H](O)C3O)C2O[C@@H]2OC(CO)[C@@H](O[C@H]3OC(CO)[C@@H](O)[C@H](O)C3O)[C@H](O)C2O)[C@H]1COCCCCCCCCC. The van der Waals surface area contributed by atoms with Crippen molar-refractivity contribution in [1.29, 1.82) is 0 Å². The van der Waals surface area contributed by atoms with Crippen LogP contribution in [0.5, 0.6) is 0 Å². The summed E-state index contributed by atoms with van der Waals surface area (Å²) in [5.74, 6) is -1.20. The molecule has 0 aromatic rings. The Balaban J connectivity index is 1.22. The molecule has 2 aliphatic carbocycles. The third kappa shape index (κ3) is 15.7. The monoisotopic (exact) mass is 1090 g/mol. The fourth-order valence-electron chi connectivity index (χ4n) is 11.8. The second-order valence-electron chi connectivity index (χ2n) is 21.5. The molecular formula is C51H92O24. The Bertz CT molecular complexity index is 1460. The lowest BCUT2D eigenvalue weighted by atomic mass is 9.76. The van der Waals surface area contributed by atoms with E-state index in [1.165, 1.54) is 25.7 Å². The lowest BCUT2D eigenvalue weighted by Crippen LogP contribution is -2.66. The smallest absolute Gasteiger partial charge is 0.187 e. The van der Waals surface area contributed by atoms with Crippen LogP contribution in [0.4, 0.5) is 0 Å². The van der Waals surface area contributed by atoms with Gasteiger partial charge in [0, 0.05) is 13.2 Å². The van der Waals surface area contributed by atoms with Gasteiger partial charge in [-0.2, -0.15) is 0 Å². The number of hydrogen-bond acceptors (Lipinski definition) is 24. The molecule has 0 aromatic carbocycles. The van der Waals surface area contributed by atoms with Crippen LogP contribution in [0.15, 0.2) is 0 Å². The van der Waals surface area contributed by atoms with E-state index in [4.69, 9.17) is 47.4 Å². The van der Waals surface area contributed by atoms with Crippen LogP contribution in [-0.4, -0.2) is 259 Å². The van der Waals surface area contributed by atoms with Gasteiger partial charge < -0.3 is 119 Å². The first-order valence-corrected chi connectivity index (χ1v) is 27.8. The molecule has 0 spiro atoms. The molecule has 440 valence electrons. The van der Waals surface area contributed by atoms with Crippen molar-refractivity contribution in [3.8, 4) is 0 Å². The molecule has 26 atom stereocenters. The van der Waals surface area contributed by atoms with Gasteiger partial charge in [0.25, 0.3) is 0 Å². The molecule has 6 fully saturated rings. The maximum atomic E-state index is 11.7. The van der Waals surface area contributed by atoms with E-state index in [0.29, 0.717) is 32.8 Å². The Morgan fingerprint density at radius 3 is 0.960 bits per heavy atom. The Kier molecular flexibility index (Phi) is 26.4. The van der Waals surface area contributed by atoms with Crippen molar-refractivity contribution in [2.24, 2.45) is 23.7 Å². The molecule has 24 nitrogen and oxygen atoms in total. The molecule has 4 aliphatic heterocycles. The first kappa shape index (κ1) is 63.2. The summed E-state index contributed by atoms with van der Waals surface area (Å²) in [7, 11) is 0. The lowest BCUT2D eigenvalue weighted by Gasteiger charge is -2.49. The summed E-state index contributed by atoms with van der Waals surface area (Å²) in [4.78, 5) is 0. The van der Waals surface area contributed by atoms with Gasteiger partial charge in [-0.25, -0.2) is 0 Å². The van der Waals surface area contributed by atoms with E-state index in [0.717, 1.165) is 64.2 Å². The minimum atomic E-state index is -1.90. The van der Waals surface area contributed by atoms with E-state index in [1.54, 1.807) is 0 Å². The van der Waals surface area contributed by atoms with Gasteiger partial charge in [-0.05, 0) is 42.9 Å². The van der Waals surface area contributed by atoms with E-state index in [-0.39, 0.29) is 11.8 Å². The number of aliphatic hydroxyl groups is 14. The van der Waals surface area contributed by atoms with Crippen molar-refractivity contribution in [2.45, 2.75) is 245 Å². The second kappa shape index (κ2) is 31.3. The highest BCUT2D eigenvalue weighted by atomic mass is 16.8. The number of ether oxygens (including phenoxy) is 10. The summed E-state index contributed by atoms with van der Waals surface area (Å²) in [6.45, 7) is 2.84. The van der Waals surface area contributed by atoms with Crippen molar-refractivity contribution in [3.05, 3.63) is 0 Å². The molecule has 0 aromatic heterocycles. The predicted octanol–water partition coefficient (Wildman–Crippen LogP) is -2.58. The highest BCUT2D eigenvalue weighted by Crippen LogP contribution is 2.56. The molecule has 14 N–H and O–H groups in total. The Hall–Kier alpha value is -0.960. The fourth-order valence-corrected chi connectivity index (χ4v) is 11.8. The highest BCUT2D eigenvalue weighted by Gasteiger charge is 2.63. The summed E-state index contributed by atoms with van der Waals surface area (Å²) in [6, 6.07) is 0. The molecule has 11 unspecified atom stereocenters.